The predicted molar refractivity (Wildman–Crippen MR) is 94.7 cm³/mol. The van der Waals surface area contributed by atoms with E-state index in [0.29, 0.717) is 17.9 Å². The number of alkyl halides is 1. The Balaban J connectivity index is 2.82. The standard InChI is InChI=1S/C18H28ClNO4/c1-13(2)23-16(21)15-8-10-18(20-12-15,9-6-5-7-11-19)17(22)24-14(3)4/h8,10,12-14,20H,5-7,9,11H2,1-4H3/t18-/m0/s1. The van der Waals surface area contributed by atoms with Gasteiger partial charge in [-0.3, -0.25) is 0 Å². The second kappa shape index (κ2) is 9.72. The lowest BCUT2D eigenvalue weighted by Gasteiger charge is -2.32. The average Bonchev–Trinajstić information content (AvgIpc) is 2.50. The van der Waals surface area contributed by atoms with Gasteiger partial charge in [-0.1, -0.05) is 12.8 Å². The third-order valence-electron chi connectivity index (χ3n) is 3.52. The molecule has 0 fully saturated rings. The fourth-order valence-corrected chi connectivity index (χ4v) is 2.51. The summed E-state index contributed by atoms with van der Waals surface area (Å²) in [6.45, 7) is 7.21. The van der Waals surface area contributed by atoms with Gasteiger partial charge in [0, 0.05) is 12.1 Å². The monoisotopic (exact) mass is 357 g/mol. The highest BCUT2D eigenvalue weighted by Gasteiger charge is 2.38. The third kappa shape index (κ3) is 6.19. The van der Waals surface area contributed by atoms with Gasteiger partial charge in [0.25, 0.3) is 0 Å². The summed E-state index contributed by atoms with van der Waals surface area (Å²) < 4.78 is 10.6. The van der Waals surface area contributed by atoms with Gasteiger partial charge in [-0.15, -0.1) is 11.6 Å². The minimum atomic E-state index is -0.946. The van der Waals surface area contributed by atoms with Gasteiger partial charge in [-0.05, 0) is 52.7 Å². The summed E-state index contributed by atoms with van der Waals surface area (Å²) in [6, 6.07) is 0. The number of esters is 2. The van der Waals surface area contributed by atoms with E-state index in [0.717, 1.165) is 19.3 Å². The molecule has 24 heavy (non-hydrogen) atoms. The molecule has 0 aromatic rings. The van der Waals surface area contributed by atoms with Crippen LogP contribution >= 0.6 is 11.6 Å². The number of dihydropyridines is 1. The van der Waals surface area contributed by atoms with Crippen molar-refractivity contribution < 1.29 is 19.1 Å². The van der Waals surface area contributed by atoms with Gasteiger partial charge in [-0.2, -0.15) is 0 Å². The molecule has 1 atom stereocenters. The normalized spacial score (nSPS) is 19.9. The second-order valence-electron chi connectivity index (χ2n) is 6.46. The van der Waals surface area contributed by atoms with Crippen molar-refractivity contribution in [1.82, 2.24) is 5.32 Å². The Morgan fingerprint density at radius 2 is 1.79 bits per heavy atom. The number of hydrogen-bond acceptors (Lipinski definition) is 5. The smallest absolute Gasteiger partial charge is 0.339 e. The third-order valence-corrected chi connectivity index (χ3v) is 3.79. The summed E-state index contributed by atoms with van der Waals surface area (Å²) in [6.07, 6.45) is 7.72. The van der Waals surface area contributed by atoms with Crippen LogP contribution < -0.4 is 5.32 Å². The lowest BCUT2D eigenvalue weighted by molar-refractivity contribution is -0.153. The van der Waals surface area contributed by atoms with Crippen LogP contribution in [0.25, 0.3) is 0 Å². The molecule has 0 bridgehead atoms. The molecule has 0 spiro atoms. The van der Waals surface area contributed by atoms with E-state index in [9.17, 15) is 9.59 Å². The predicted octanol–water partition coefficient (Wildman–Crippen LogP) is 3.47. The lowest BCUT2D eigenvalue weighted by Crippen LogP contribution is -2.51. The molecule has 1 aliphatic rings. The molecule has 5 nitrogen and oxygen atoms in total. The van der Waals surface area contributed by atoms with Crippen LogP contribution in [0.2, 0.25) is 0 Å². The van der Waals surface area contributed by atoms with Crippen molar-refractivity contribution in [3.8, 4) is 0 Å². The van der Waals surface area contributed by atoms with E-state index < -0.39 is 11.5 Å². The van der Waals surface area contributed by atoms with Crippen LogP contribution in [0.1, 0.15) is 53.4 Å². The summed E-state index contributed by atoms with van der Waals surface area (Å²) >= 11 is 5.70. The summed E-state index contributed by atoms with van der Waals surface area (Å²) in [5, 5.41) is 3.06. The fraction of sp³-hybridized carbons (Fsp3) is 0.667. The zero-order valence-electron chi connectivity index (χ0n) is 14.9. The van der Waals surface area contributed by atoms with Crippen LogP contribution in [0.15, 0.2) is 23.9 Å². The lowest BCUT2D eigenvalue weighted by atomic mass is 9.89. The maximum absolute atomic E-state index is 12.5. The SMILES string of the molecule is CC(C)OC(=O)C1=CN[C@](CCCCCCl)(C(=O)OC(C)C)C=C1. The Hall–Kier alpha value is -1.49. The maximum atomic E-state index is 12.5. The van der Waals surface area contributed by atoms with Gasteiger partial charge < -0.3 is 14.8 Å². The molecular formula is C18H28ClNO4. The van der Waals surface area contributed by atoms with E-state index in [1.165, 1.54) is 6.20 Å². The summed E-state index contributed by atoms with van der Waals surface area (Å²) in [4.78, 5) is 24.5. The van der Waals surface area contributed by atoms with Crippen molar-refractivity contribution in [3.05, 3.63) is 23.9 Å². The van der Waals surface area contributed by atoms with Crippen molar-refractivity contribution >= 4 is 23.5 Å². The van der Waals surface area contributed by atoms with Gasteiger partial charge in [0.15, 0.2) is 5.54 Å². The van der Waals surface area contributed by atoms with Crippen molar-refractivity contribution in [2.75, 3.05) is 5.88 Å². The van der Waals surface area contributed by atoms with Crippen LogP contribution in [0.5, 0.6) is 0 Å². The van der Waals surface area contributed by atoms with Crippen molar-refractivity contribution in [2.24, 2.45) is 0 Å². The minimum absolute atomic E-state index is 0.194. The molecule has 0 aliphatic carbocycles. The number of carbonyl (C=O) groups is 2. The number of hydrogen-bond donors (Lipinski definition) is 1. The molecule has 1 rings (SSSR count). The van der Waals surface area contributed by atoms with Gasteiger partial charge in [0.2, 0.25) is 0 Å². The quantitative estimate of drug-likeness (QED) is 0.389. The Kier molecular flexibility index (Phi) is 8.32. The Bertz CT molecular complexity index is 499. The number of ether oxygens (including phenoxy) is 2. The van der Waals surface area contributed by atoms with Crippen LogP contribution in [-0.2, 0) is 19.1 Å². The van der Waals surface area contributed by atoms with E-state index in [1.807, 2.05) is 13.8 Å². The second-order valence-corrected chi connectivity index (χ2v) is 6.83. The molecule has 0 aromatic carbocycles. The van der Waals surface area contributed by atoms with Crippen molar-refractivity contribution in [2.45, 2.75) is 71.1 Å². The highest BCUT2D eigenvalue weighted by molar-refractivity contribution is 6.17. The molecule has 1 heterocycles. The molecular weight excluding hydrogens is 330 g/mol. The summed E-state index contributed by atoms with van der Waals surface area (Å²) in [5.74, 6) is -0.147. The van der Waals surface area contributed by atoms with Gasteiger partial charge >= 0.3 is 11.9 Å². The molecule has 0 radical (unpaired) electrons. The van der Waals surface area contributed by atoms with Crippen LogP contribution in [-0.4, -0.2) is 35.6 Å². The molecule has 0 unspecified atom stereocenters. The summed E-state index contributed by atoms with van der Waals surface area (Å²) in [5.41, 5.74) is -0.560. The first-order chi connectivity index (χ1) is 11.3. The van der Waals surface area contributed by atoms with E-state index in [4.69, 9.17) is 21.1 Å². The molecule has 0 saturated heterocycles. The highest BCUT2D eigenvalue weighted by Crippen LogP contribution is 2.24. The molecule has 1 aliphatic heterocycles. The Labute approximate surface area is 149 Å². The average molecular weight is 358 g/mol. The Morgan fingerprint density at radius 3 is 2.29 bits per heavy atom. The first-order valence-corrected chi connectivity index (χ1v) is 8.99. The minimum Gasteiger partial charge on any atom is -0.461 e. The topological polar surface area (TPSA) is 64.6 Å². The zero-order valence-corrected chi connectivity index (χ0v) is 15.7. The first kappa shape index (κ1) is 20.6. The number of carbonyl (C=O) groups excluding carboxylic acids is 2. The van der Waals surface area contributed by atoms with Crippen molar-refractivity contribution in [3.63, 3.8) is 0 Å². The Morgan fingerprint density at radius 1 is 1.12 bits per heavy atom. The molecule has 6 heteroatoms. The largest absolute Gasteiger partial charge is 0.461 e. The van der Waals surface area contributed by atoms with Crippen LogP contribution in [0, 0.1) is 0 Å². The molecule has 1 N–H and O–H groups in total. The highest BCUT2D eigenvalue weighted by atomic mass is 35.5. The first-order valence-electron chi connectivity index (χ1n) is 8.46. The van der Waals surface area contributed by atoms with Gasteiger partial charge in [0.1, 0.15) is 0 Å². The number of unbranched alkanes of at least 4 members (excludes halogenated alkanes) is 2. The maximum Gasteiger partial charge on any atom is 0.339 e. The van der Waals surface area contributed by atoms with Crippen LogP contribution in [0.3, 0.4) is 0 Å². The zero-order chi connectivity index (χ0) is 18.2. The number of nitrogens with one attached hydrogen (secondary N) is 1. The van der Waals surface area contributed by atoms with E-state index in [2.05, 4.69) is 5.32 Å². The number of rotatable bonds is 9. The van der Waals surface area contributed by atoms with E-state index in [1.54, 1.807) is 26.0 Å². The van der Waals surface area contributed by atoms with E-state index >= 15 is 0 Å². The summed E-state index contributed by atoms with van der Waals surface area (Å²) in [7, 11) is 0. The molecule has 0 saturated carbocycles. The van der Waals surface area contributed by atoms with Crippen molar-refractivity contribution in [1.29, 1.82) is 0 Å². The van der Waals surface area contributed by atoms with E-state index in [-0.39, 0.29) is 18.2 Å². The van der Waals surface area contributed by atoms with Gasteiger partial charge in [-0.25, -0.2) is 9.59 Å². The van der Waals surface area contributed by atoms with Gasteiger partial charge in [0.05, 0.1) is 17.8 Å². The molecule has 0 amide bonds. The fourth-order valence-electron chi connectivity index (χ4n) is 2.32. The number of halogens is 1. The molecule has 0 aromatic heterocycles. The van der Waals surface area contributed by atoms with Crippen LogP contribution in [0.4, 0.5) is 0 Å². The molecule has 136 valence electrons.